The number of likely N-dealkylation sites (tertiary alicyclic amines) is 1. The second kappa shape index (κ2) is 10.1. The quantitative estimate of drug-likeness (QED) is 0.547. The van der Waals surface area contributed by atoms with E-state index in [9.17, 15) is 19.1 Å². The highest BCUT2D eigenvalue weighted by Crippen LogP contribution is 2.43. The van der Waals surface area contributed by atoms with Gasteiger partial charge in [0.2, 0.25) is 5.91 Å². The second-order valence-electron chi connectivity index (χ2n) is 10.6. The van der Waals surface area contributed by atoms with E-state index in [1.807, 2.05) is 29.7 Å². The number of carbonyl (C=O) groups excluding carboxylic acids is 1. The molecular formula is C28H31ClFN5O3. The van der Waals surface area contributed by atoms with Gasteiger partial charge in [-0.15, -0.1) is 0 Å². The lowest BCUT2D eigenvalue weighted by molar-refractivity contribution is -0.152. The highest BCUT2D eigenvalue weighted by molar-refractivity contribution is 6.30. The monoisotopic (exact) mass is 539 g/mol. The molecule has 2 aliphatic rings. The number of rotatable bonds is 4. The van der Waals surface area contributed by atoms with Crippen molar-refractivity contribution in [3.05, 3.63) is 87.4 Å². The normalized spacial score (nSPS) is 27.5. The van der Waals surface area contributed by atoms with Gasteiger partial charge in [0.25, 0.3) is 0 Å². The number of carbonyl (C=O) groups is 1. The molecular weight excluding hydrogens is 509 g/mol. The lowest BCUT2D eigenvalue weighted by Crippen LogP contribution is -2.57. The van der Waals surface area contributed by atoms with Gasteiger partial charge in [0.05, 0.1) is 16.5 Å². The Kier molecular flexibility index (Phi) is 7.00. The molecule has 1 aromatic carbocycles. The summed E-state index contributed by atoms with van der Waals surface area (Å²) in [5.74, 6) is -1.07. The molecule has 8 nitrogen and oxygen atoms in total. The number of aryl methyl sites for hydroxylation is 1. The third kappa shape index (κ3) is 4.69. The lowest BCUT2D eigenvalue weighted by Gasteiger charge is -2.48. The molecule has 2 aromatic heterocycles. The summed E-state index contributed by atoms with van der Waals surface area (Å²) in [4.78, 5) is 38.7. The Labute approximate surface area is 225 Å². The van der Waals surface area contributed by atoms with Crippen LogP contribution in [0.2, 0.25) is 5.02 Å². The van der Waals surface area contributed by atoms with E-state index in [-0.39, 0.29) is 35.2 Å². The Morgan fingerprint density at radius 2 is 1.74 bits per heavy atom. The number of halogens is 2. The fourth-order valence-corrected chi connectivity index (χ4v) is 6.09. The zero-order valence-corrected chi connectivity index (χ0v) is 22.3. The van der Waals surface area contributed by atoms with E-state index in [0.29, 0.717) is 42.6 Å². The first-order chi connectivity index (χ1) is 18.1. The van der Waals surface area contributed by atoms with Crippen LogP contribution >= 0.6 is 11.6 Å². The molecule has 0 saturated carbocycles. The molecule has 2 aliphatic heterocycles. The van der Waals surface area contributed by atoms with Crippen molar-refractivity contribution in [2.45, 2.75) is 25.4 Å². The van der Waals surface area contributed by atoms with Crippen molar-refractivity contribution in [1.29, 1.82) is 0 Å². The summed E-state index contributed by atoms with van der Waals surface area (Å²) in [7, 11) is 1.64. The highest BCUT2D eigenvalue weighted by atomic mass is 35.5. The Hall–Kier alpha value is -3.30. The number of piperidine rings is 1. The van der Waals surface area contributed by atoms with Crippen LogP contribution in [0.25, 0.3) is 0 Å². The van der Waals surface area contributed by atoms with Gasteiger partial charge in [0.1, 0.15) is 11.6 Å². The first kappa shape index (κ1) is 26.3. The smallest absolute Gasteiger partial charge is 0.349 e. The van der Waals surface area contributed by atoms with E-state index in [2.05, 4.69) is 9.97 Å². The molecule has 10 heteroatoms. The first-order valence-corrected chi connectivity index (χ1v) is 13.1. The summed E-state index contributed by atoms with van der Waals surface area (Å²) < 4.78 is 14.9. The number of nitrogens with zero attached hydrogens (tertiary/aromatic N) is 5. The summed E-state index contributed by atoms with van der Waals surface area (Å²) in [5, 5.41) is 12.2. The van der Waals surface area contributed by atoms with Gasteiger partial charge in [0.15, 0.2) is 0 Å². The number of pyridine rings is 1. The predicted molar refractivity (Wildman–Crippen MR) is 142 cm³/mol. The van der Waals surface area contributed by atoms with Gasteiger partial charge in [-0.05, 0) is 35.9 Å². The molecule has 3 aromatic rings. The third-order valence-corrected chi connectivity index (χ3v) is 8.38. The van der Waals surface area contributed by atoms with E-state index in [1.165, 1.54) is 16.7 Å². The average Bonchev–Trinajstić information content (AvgIpc) is 3.34. The summed E-state index contributed by atoms with van der Waals surface area (Å²) in [6, 6.07) is 11.3. The van der Waals surface area contributed by atoms with E-state index in [0.717, 1.165) is 5.69 Å². The van der Waals surface area contributed by atoms with Crippen LogP contribution in [0.15, 0.2) is 59.7 Å². The highest BCUT2D eigenvalue weighted by Gasteiger charge is 2.49. The van der Waals surface area contributed by atoms with Gasteiger partial charge in [-0.1, -0.05) is 37.6 Å². The van der Waals surface area contributed by atoms with E-state index in [1.54, 1.807) is 43.7 Å². The molecule has 0 aliphatic carbocycles. The zero-order chi connectivity index (χ0) is 27.2. The number of benzene rings is 1. The molecule has 1 amide bonds. The number of anilines is 1. The van der Waals surface area contributed by atoms with Gasteiger partial charge < -0.3 is 19.5 Å². The Morgan fingerprint density at radius 3 is 2.34 bits per heavy atom. The number of aliphatic hydroxyl groups is 1. The maximum absolute atomic E-state index is 14.1. The van der Waals surface area contributed by atoms with Crippen molar-refractivity contribution < 1.29 is 14.3 Å². The van der Waals surface area contributed by atoms with Crippen LogP contribution < -0.4 is 10.6 Å². The van der Waals surface area contributed by atoms with Crippen molar-refractivity contribution in [1.82, 2.24) is 19.4 Å². The number of aromatic nitrogens is 3. The van der Waals surface area contributed by atoms with Crippen molar-refractivity contribution in [3.8, 4) is 0 Å². The number of hydrogen-bond donors (Lipinski definition) is 1. The number of amides is 1. The summed E-state index contributed by atoms with van der Waals surface area (Å²) in [6.45, 7) is 5.42. The SMILES string of the molecule is C[C@@H]1CN(C(=O)[C@@H]2CN(c3ccn(C)c(=O)n3)C[C@H]2c2ccc(Cl)cn2)C[C@H](C)C1(O)c1ccc(F)cc1. The first-order valence-electron chi connectivity index (χ1n) is 12.7. The largest absolute Gasteiger partial charge is 0.384 e. The van der Waals surface area contributed by atoms with Crippen molar-refractivity contribution in [2.75, 3.05) is 31.1 Å². The van der Waals surface area contributed by atoms with Crippen LogP contribution in [0.1, 0.15) is 31.0 Å². The van der Waals surface area contributed by atoms with Crippen LogP contribution in [0, 0.1) is 23.6 Å². The van der Waals surface area contributed by atoms with Gasteiger partial charge >= 0.3 is 5.69 Å². The fourth-order valence-electron chi connectivity index (χ4n) is 5.98. The van der Waals surface area contributed by atoms with Crippen molar-refractivity contribution in [3.63, 3.8) is 0 Å². The molecule has 0 radical (unpaired) electrons. The maximum Gasteiger partial charge on any atom is 0.349 e. The fraction of sp³-hybridized carbons (Fsp3) is 0.429. The second-order valence-corrected chi connectivity index (χ2v) is 11.0. The van der Waals surface area contributed by atoms with Crippen LogP contribution in [0.5, 0.6) is 0 Å². The van der Waals surface area contributed by atoms with Crippen molar-refractivity contribution in [2.24, 2.45) is 24.8 Å². The predicted octanol–water partition coefficient (Wildman–Crippen LogP) is 3.19. The van der Waals surface area contributed by atoms with Crippen LogP contribution in [0.4, 0.5) is 10.2 Å². The summed E-state index contributed by atoms with van der Waals surface area (Å²) in [6.07, 6.45) is 3.24. The molecule has 1 N–H and O–H groups in total. The molecule has 1 unspecified atom stereocenters. The van der Waals surface area contributed by atoms with Crippen LogP contribution in [0.3, 0.4) is 0 Å². The minimum Gasteiger partial charge on any atom is -0.384 e. The Balaban J connectivity index is 1.42. The maximum atomic E-state index is 14.1. The molecule has 0 spiro atoms. The molecule has 5 atom stereocenters. The molecule has 38 heavy (non-hydrogen) atoms. The third-order valence-electron chi connectivity index (χ3n) is 8.16. The lowest BCUT2D eigenvalue weighted by atomic mass is 9.70. The molecule has 200 valence electrons. The molecule has 5 rings (SSSR count). The minimum atomic E-state index is -1.18. The summed E-state index contributed by atoms with van der Waals surface area (Å²) in [5.41, 5.74) is -0.146. The van der Waals surface area contributed by atoms with Crippen LogP contribution in [-0.2, 0) is 17.4 Å². The topological polar surface area (TPSA) is 91.6 Å². The van der Waals surface area contributed by atoms with E-state index >= 15 is 0 Å². The Bertz CT molecular complexity index is 1370. The average molecular weight is 540 g/mol. The zero-order valence-electron chi connectivity index (χ0n) is 21.6. The van der Waals surface area contributed by atoms with Gasteiger partial charge in [0, 0.05) is 69.1 Å². The van der Waals surface area contributed by atoms with Gasteiger partial charge in [-0.2, -0.15) is 4.98 Å². The van der Waals surface area contributed by atoms with E-state index < -0.39 is 11.5 Å². The molecule has 2 fully saturated rings. The summed E-state index contributed by atoms with van der Waals surface area (Å²) >= 11 is 6.07. The van der Waals surface area contributed by atoms with Gasteiger partial charge in [-0.25, -0.2) is 9.18 Å². The van der Waals surface area contributed by atoms with Gasteiger partial charge in [-0.3, -0.25) is 9.78 Å². The Morgan fingerprint density at radius 1 is 1.05 bits per heavy atom. The molecule has 4 heterocycles. The number of hydrogen-bond acceptors (Lipinski definition) is 6. The van der Waals surface area contributed by atoms with Crippen LogP contribution in [-0.4, -0.2) is 56.6 Å². The molecule has 0 bridgehead atoms. The molecule has 2 saturated heterocycles. The standard InChI is InChI=1S/C28H31ClFN5O3/c1-17-13-35(14-18(2)28(17,38)19-4-7-21(30)8-5-19)26(36)23-16-34(25-10-11-33(3)27(37)32-25)15-22(23)24-9-6-20(29)12-31-24/h4-12,17-18,22-23,38H,13-16H2,1-3H3/t17-,18+,22-,23-,28?/m1/s1. The van der Waals surface area contributed by atoms with Crippen molar-refractivity contribution >= 4 is 23.3 Å². The van der Waals surface area contributed by atoms with E-state index in [4.69, 9.17) is 11.6 Å². The minimum absolute atomic E-state index is 0.0297.